The van der Waals surface area contributed by atoms with Crippen LogP contribution in [0.1, 0.15) is 32.3 Å². The fourth-order valence-electron chi connectivity index (χ4n) is 3.52. The standard InChI is InChI=1S/C25H24Cl2N4O4/c1-14-10-21(34-13-16-7-5-6-15(2)35-16)22(27)23(32)31(14)20-11-19(29-12-17(20)26)18-8-9-28-24(30-18)25(3,4)33/h5-12,16,33H,13H2,1-4H3. The molecule has 0 aliphatic carbocycles. The van der Waals surface area contributed by atoms with E-state index in [1.807, 2.05) is 25.2 Å². The Kier molecular flexibility index (Phi) is 6.98. The van der Waals surface area contributed by atoms with Crippen LogP contribution < -0.4 is 10.3 Å². The summed E-state index contributed by atoms with van der Waals surface area (Å²) in [6.07, 6.45) is 8.30. The Bertz CT molecular complexity index is 1390. The van der Waals surface area contributed by atoms with E-state index in [1.54, 1.807) is 39.0 Å². The Morgan fingerprint density at radius 3 is 2.69 bits per heavy atom. The summed E-state index contributed by atoms with van der Waals surface area (Å²) in [6.45, 7) is 6.99. The Hall–Kier alpha value is -3.20. The van der Waals surface area contributed by atoms with E-state index < -0.39 is 11.2 Å². The maximum absolute atomic E-state index is 13.3. The summed E-state index contributed by atoms with van der Waals surface area (Å²) in [5.74, 6) is 1.28. The molecule has 1 unspecified atom stereocenters. The summed E-state index contributed by atoms with van der Waals surface area (Å²) in [5.41, 5.74) is 0.147. The average Bonchev–Trinajstić information content (AvgIpc) is 2.81. The number of aryl methyl sites for hydroxylation is 1. The van der Waals surface area contributed by atoms with Crippen LogP contribution in [0.4, 0.5) is 0 Å². The van der Waals surface area contributed by atoms with Crippen molar-refractivity contribution in [2.45, 2.75) is 39.4 Å². The zero-order chi connectivity index (χ0) is 25.3. The summed E-state index contributed by atoms with van der Waals surface area (Å²) < 4.78 is 12.9. The first kappa shape index (κ1) is 24.9. The molecule has 1 N–H and O–H groups in total. The van der Waals surface area contributed by atoms with Crippen LogP contribution in [0.3, 0.4) is 0 Å². The minimum absolute atomic E-state index is 0.0802. The van der Waals surface area contributed by atoms with Crippen LogP contribution >= 0.6 is 23.2 Å². The quantitative estimate of drug-likeness (QED) is 0.505. The predicted octanol–water partition coefficient (Wildman–Crippen LogP) is 4.77. The highest BCUT2D eigenvalue weighted by Crippen LogP contribution is 2.29. The third-order valence-corrected chi connectivity index (χ3v) is 5.88. The van der Waals surface area contributed by atoms with Crippen LogP contribution in [0.25, 0.3) is 17.1 Å². The van der Waals surface area contributed by atoms with Gasteiger partial charge in [-0.1, -0.05) is 29.3 Å². The molecule has 35 heavy (non-hydrogen) atoms. The number of nitrogens with zero attached hydrogens (tertiary/aromatic N) is 4. The van der Waals surface area contributed by atoms with Crippen molar-refractivity contribution in [3.63, 3.8) is 0 Å². The van der Waals surface area contributed by atoms with Crippen molar-refractivity contribution in [1.29, 1.82) is 0 Å². The van der Waals surface area contributed by atoms with Gasteiger partial charge in [-0.15, -0.1) is 0 Å². The molecule has 4 heterocycles. The molecule has 8 nitrogen and oxygen atoms in total. The summed E-state index contributed by atoms with van der Waals surface area (Å²) in [6, 6.07) is 4.97. The number of allylic oxidation sites excluding steroid dienone is 3. The number of ether oxygens (including phenoxy) is 2. The van der Waals surface area contributed by atoms with E-state index in [9.17, 15) is 9.90 Å². The van der Waals surface area contributed by atoms with E-state index in [2.05, 4.69) is 15.0 Å². The minimum atomic E-state index is -1.23. The lowest BCUT2D eigenvalue weighted by Gasteiger charge is -2.20. The summed E-state index contributed by atoms with van der Waals surface area (Å²) in [4.78, 5) is 26.1. The molecule has 0 aromatic carbocycles. The lowest BCUT2D eigenvalue weighted by Crippen LogP contribution is -2.24. The molecule has 0 amide bonds. The van der Waals surface area contributed by atoms with Crippen LogP contribution in [-0.2, 0) is 10.3 Å². The molecule has 1 atom stereocenters. The van der Waals surface area contributed by atoms with E-state index in [0.717, 1.165) is 5.76 Å². The Labute approximate surface area is 212 Å². The molecule has 10 heteroatoms. The molecule has 0 bridgehead atoms. The lowest BCUT2D eigenvalue weighted by molar-refractivity contribution is 0.0688. The molecular formula is C25H24Cl2N4O4. The predicted molar refractivity (Wildman–Crippen MR) is 134 cm³/mol. The van der Waals surface area contributed by atoms with E-state index in [-0.39, 0.29) is 34.3 Å². The topological polar surface area (TPSA) is 99.4 Å². The van der Waals surface area contributed by atoms with Crippen LogP contribution in [0, 0.1) is 6.92 Å². The van der Waals surface area contributed by atoms with Gasteiger partial charge in [0.25, 0.3) is 5.56 Å². The number of hydrogen-bond acceptors (Lipinski definition) is 7. The van der Waals surface area contributed by atoms with Crippen molar-refractivity contribution in [3.05, 3.63) is 86.5 Å². The largest absolute Gasteiger partial charge is 0.488 e. The van der Waals surface area contributed by atoms with Crippen molar-refractivity contribution in [2.75, 3.05) is 6.61 Å². The van der Waals surface area contributed by atoms with Gasteiger partial charge >= 0.3 is 0 Å². The molecule has 0 saturated heterocycles. The second-order valence-corrected chi connectivity index (χ2v) is 9.36. The maximum atomic E-state index is 13.3. The van der Waals surface area contributed by atoms with Gasteiger partial charge in [0.15, 0.2) is 11.9 Å². The second kappa shape index (κ2) is 9.81. The average molecular weight is 515 g/mol. The monoisotopic (exact) mass is 514 g/mol. The molecule has 3 aromatic heterocycles. The summed E-state index contributed by atoms with van der Waals surface area (Å²) in [7, 11) is 0. The van der Waals surface area contributed by atoms with Gasteiger partial charge in [-0.25, -0.2) is 9.97 Å². The Balaban J connectivity index is 1.69. The first-order valence-electron chi connectivity index (χ1n) is 10.8. The van der Waals surface area contributed by atoms with Crippen LogP contribution in [0.5, 0.6) is 5.75 Å². The number of pyridine rings is 2. The van der Waals surface area contributed by atoms with Gasteiger partial charge in [-0.3, -0.25) is 14.3 Å². The van der Waals surface area contributed by atoms with Crippen LogP contribution in [0.15, 0.2) is 59.4 Å². The highest BCUT2D eigenvalue weighted by Gasteiger charge is 2.22. The molecule has 0 radical (unpaired) electrons. The van der Waals surface area contributed by atoms with Gasteiger partial charge in [0, 0.05) is 24.2 Å². The normalized spacial score (nSPS) is 15.5. The first-order chi connectivity index (χ1) is 16.5. The smallest absolute Gasteiger partial charge is 0.277 e. The molecule has 0 fully saturated rings. The van der Waals surface area contributed by atoms with Crippen LogP contribution in [-0.4, -0.2) is 37.3 Å². The summed E-state index contributed by atoms with van der Waals surface area (Å²) >= 11 is 12.8. The summed E-state index contributed by atoms with van der Waals surface area (Å²) in [5, 5.41) is 10.4. The zero-order valence-corrected chi connectivity index (χ0v) is 21.1. The van der Waals surface area contributed by atoms with E-state index in [1.165, 1.54) is 17.0 Å². The number of hydrogen-bond donors (Lipinski definition) is 1. The number of rotatable bonds is 6. The van der Waals surface area contributed by atoms with Crippen molar-refractivity contribution >= 4 is 23.2 Å². The number of aromatic nitrogens is 4. The number of aliphatic hydroxyl groups is 1. The van der Waals surface area contributed by atoms with Gasteiger partial charge in [-0.05, 0) is 52.0 Å². The molecular weight excluding hydrogens is 491 g/mol. The van der Waals surface area contributed by atoms with Crippen molar-refractivity contribution in [2.24, 2.45) is 0 Å². The Morgan fingerprint density at radius 1 is 1.20 bits per heavy atom. The molecule has 182 valence electrons. The van der Waals surface area contributed by atoms with Gasteiger partial charge < -0.3 is 14.6 Å². The molecule has 1 aliphatic rings. The van der Waals surface area contributed by atoms with Gasteiger partial charge in [-0.2, -0.15) is 0 Å². The van der Waals surface area contributed by atoms with Gasteiger partial charge in [0.1, 0.15) is 23.0 Å². The zero-order valence-electron chi connectivity index (χ0n) is 19.6. The van der Waals surface area contributed by atoms with Crippen molar-refractivity contribution < 1.29 is 14.6 Å². The molecule has 3 aromatic rings. The third-order valence-electron chi connectivity index (χ3n) is 5.24. The minimum Gasteiger partial charge on any atom is -0.488 e. The van der Waals surface area contributed by atoms with E-state index in [0.29, 0.717) is 22.8 Å². The molecule has 4 rings (SSSR count). The second-order valence-electron chi connectivity index (χ2n) is 8.58. The molecule has 1 aliphatic heterocycles. The third kappa shape index (κ3) is 5.40. The van der Waals surface area contributed by atoms with Gasteiger partial charge in [0.05, 0.1) is 27.9 Å². The SMILES string of the molecule is CC1=CC=CC(COc2cc(C)n(-c3cc(-c4ccnc(C(C)(C)O)n4)ncc3Cl)c(=O)c2Cl)O1. The molecule has 0 saturated carbocycles. The first-order valence-corrected chi connectivity index (χ1v) is 11.6. The maximum Gasteiger partial charge on any atom is 0.277 e. The lowest BCUT2D eigenvalue weighted by atomic mass is 10.1. The van der Waals surface area contributed by atoms with Gasteiger partial charge in [0.2, 0.25) is 0 Å². The van der Waals surface area contributed by atoms with E-state index >= 15 is 0 Å². The van der Waals surface area contributed by atoms with Crippen molar-refractivity contribution in [3.8, 4) is 22.8 Å². The fraction of sp³-hybridized carbons (Fsp3) is 0.280. The highest BCUT2D eigenvalue weighted by molar-refractivity contribution is 6.33. The number of halogens is 2. The highest BCUT2D eigenvalue weighted by atomic mass is 35.5. The fourth-order valence-corrected chi connectivity index (χ4v) is 3.90. The Morgan fingerprint density at radius 2 is 1.97 bits per heavy atom. The molecule has 0 spiro atoms. The van der Waals surface area contributed by atoms with Crippen molar-refractivity contribution in [1.82, 2.24) is 19.5 Å². The van der Waals surface area contributed by atoms with Crippen LogP contribution in [0.2, 0.25) is 10.0 Å². The van der Waals surface area contributed by atoms with E-state index in [4.69, 9.17) is 32.7 Å².